The number of hydrogen-bond acceptors (Lipinski definition) is 7. The lowest BCUT2D eigenvalue weighted by atomic mass is 10.1. The van der Waals surface area contributed by atoms with Gasteiger partial charge in [0.25, 0.3) is 5.88 Å². The third kappa shape index (κ3) is 3.55. The molecule has 0 radical (unpaired) electrons. The van der Waals surface area contributed by atoms with Crippen molar-refractivity contribution >= 4 is 29.1 Å². The van der Waals surface area contributed by atoms with E-state index >= 15 is 0 Å². The van der Waals surface area contributed by atoms with Gasteiger partial charge in [0.1, 0.15) is 10.7 Å². The SMILES string of the molecule is Cc1c2c(nn1C1CCOCC1)OCC[C@@H](C)N(C)c1nc(ncc1Cl)N2. The number of halogens is 1. The van der Waals surface area contributed by atoms with E-state index in [0.29, 0.717) is 35.3 Å². The zero-order valence-electron chi connectivity index (χ0n) is 15.9. The summed E-state index contributed by atoms with van der Waals surface area (Å²) in [5, 5.41) is 8.60. The second-order valence-corrected chi connectivity index (χ2v) is 7.55. The molecule has 0 aliphatic carbocycles. The van der Waals surface area contributed by atoms with E-state index in [2.05, 4.69) is 31.8 Å². The summed E-state index contributed by atoms with van der Waals surface area (Å²) < 4.78 is 13.6. The van der Waals surface area contributed by atoms with Crippen molar-refractivity contribution in [2.75, 3.05) is 37.1 Å². The van der Waals surface area contributed by atoms with Crippen LogP contribution in [0.1, 0.15) is 37.9 Å². The van der Waals surface area contributed by atoms with E-state index in [1.165, 1.54) is 0 Å². The van der Waals surface area contributed by atoms with Crippen molar-refractivity contribution in [3.8, 4) is 5.88 Å². The van der Waals surface area contributed by atoms with Gasteiger partial charge in [0.2, 0.25) is 5.95 Å². The minimum absolute atomic E-state index is 0.213. The monoisotopic (exact) mass is 392 g/mol. The zero-order chi connectivity index (χ0) is 19.0. The summed E-state index contributed by atoms with van der Waals surface area (Å²) in [5.41, 5.74) is 1.82. The first-order valence-electron chi connectivity index (χ1n) is 9.36. The first-order valence-corrected chi connectivity index (χ1v) is 9.74. The molecule has 0 saturated carbocycles. The van der Waals surface area contributed by atoms with Crippen molar-refractivity contribution in [2.45, 2.75) is 45.2 Å². The first kappa shape index (κ1) is 18.3. The molecule has 2 aliphatic rings. The Kier molecular flexibility index (Phi) is 5.10. The highest BCUT2D eigenvalue weighted by Gasteiger charge is 2.26. The van der Waals surface area contributed by atoms with Gasteiger partial charge in [-0.25, -0.2) is 4.98 Å². The summed E-state index contributed by atoms with van der Waals surface area (Å²) in [6.45, 7) is 6.25. The maximum Gasteiger partial charge on any atom is 0.257 e. The molecular weight excluding hydrogens is 368 g/mol. The Hall–Kier alpha value is -2.06. The Morgan fingerprint density at radius 2 is 2.00 bits per heavy atom. The van der Waals surface area contributed by atoms with Gasteiger partial charge in [-0.2, -0.15) is 4.98 Å². The lowest BCUT2D eigenvalue weighted by Crippen LogP contribution is -2.31. The number of hydrogen-bond donors (Lipinski definition) is 1. The highest BCUT2D eigenvalue weighted by atomic mass is 35.5. The molecule has 0 amide bonds. The molecule has 0 aromatic carbocycles. The van der Waals surface area contributed by atoms with E-state index in [1.54, 1.807) is 6.20 Å². The van der Waals surface area contributed by atoms with Crippen LogP contribution in [0.3, 0.4) is 0 Å². The molecule has 146 valence electrons. The van der Waals surface area contributed by atoms with Crippen LogP contribution in [0.15, 0.2) is 6.20 Å². The Bertz CT molecular complexity index is 820. The van der Waals surface area contributed by atoms with E-state index in [-0.39, 0.29) is 6.04 Å². The fourth-order valence-electron chi connectivity index (χ4n) is 3.53. The van der Waals surface area contributed by atoms with Crippen LogP contribution in [0.25, 0.3) is 0 Å². The molecule has 0 spiro atoms. The third-order valence-corrected chi connectivity index (χ3v) is 5.65. The minimum atomic E-state index is 0.213. The molecule has 2 aliphatic heterocycles. The smallest absolute Gasteiger partial charge is 0.257 e. The predicted octanol–water partition coefficient (Wildman–Crippen LogP) is 3.34. The van der Waals surface area contributed by atoms with Crippen molar-refractivity contribution in [3.63, 3.8) is 0 Å². The van der Waals surface area contributed by atoms with E-state index < -0.39 is 0 Å². The molecule has 2 aromatic rings. The van der Waals surface area contributed by atoms with Crippen LogP contribution in [-0.2, 0) is 4.74 Å². The van der Waals surface area contributed by atoms with Gasteiger partial charge in [-0.3, -0.25) is 4.68 Å². The topological polar surface area (TPSA) is 77.3 Å². The number of anilines is 3. The second kappa shape index (κ2) is 7.52. The average molecular weight is 393 g/mol. The van der Waals surface area contributed by atoms with Crippen LogP contribution >= 0.6 is 11.6 Å². The van der Waals surface area contributed by atoms with E-state index in [0.717, 1.165) is 43.9 Å². The molecule has 8 nitrogen and oxygen atoms in total. The van der Waals surface area contributed by atoms with Gasteiger partial charge in [0.15, 0.2) is 5.82 Å². The molecule has 1 atom stereocenters. The maximum absolute atomic E-state index is 6.33. The van der Waals surface area contributed by atoms with Gasteiger partial charge >= 0.3 is 0 Å². The maximum atomic E-state index is 6.33. The quantitative estimate of drug-likeness (QED) is 0.797. The number of nitrogens with zero attached hydrogens (tertiary/aromatic N) is 5. The van der Waals surface area contributed by atoms with E-state index in [1.807, 2.05) is 14.0 Å². The van der Waals surface area contributed by atoms with Crippen molar-refractivity contribution in [1.82, 2.24) is 19.7 Å². The molecule has 4 rings (SSSR count). The van der Waals surface area contributed by atoms with Crippen LogP contribution in [0, 0.1) is 6.92 Å². The molecule has 1 fully saturated rings. The highest BCUT2D eigenvalue weighted by molar-refractivity contribution is 6.32. The Morgan fingerprint density at radius 3 is 2.78 bits per heavy atom. The molecule has 9 heteroatoms. The van der Waals surface area contributed by atoms with Gasteiger partial charge < -0.3 is 19.7 Å². The molecule has 4 heterocycles. The number of rotatable bonds is 1. The largest absolute Gasteiger partial charge is 0.475 e. The number of nitrogens with one attached hydrogen (secondary N) is 1. The van der Waals surface area contributed by atoms with Gasteiger partial charge in [-0.15, -0.1) is 5.10 Å². The fourth-order valence-corrected chi connectivity index (χ4v) is 3.75. The van der Waals surface area contributed by atoms with Crippen LogP contribution in [-0.4, -0.2) is 52.7 Å². The highest BCUT2D eigenvalue weighted by Crippen LogP contribution is 2.35. The average Bonchev–Trinajstić information content (AvgIpc) is 2.98. The Balaban J connectivity index is 1.74. The van der Waals surface area contributed by atoms with E-state index in [4.69, 9.17) is 26.2 Å². The summed E-state index contributed by atoms with van der Waals surface area (Å²) in [7, 11) is 1.98. The van der Waals surface area contributed by atoms with Gasteiger partial charge in [-0.05, 0) is 26.7 Å². The van der Waals surface area contributed by atoms with E-state index in [9.17, 15) is 0 Å². The summed E-state index contributed by atoms with van der Waals surface area (Å²) in [4.78, 5) is 11.0. The lowest BCUT2D eigenvalue weighted by molar-refractivity contribution is 0.0652. The van der Waals surface area contributed by atoms with Crippen molar-refractivity contribution in [3.05, 3.63) is 16.9 Å². The number of ether oxygens (including phenoxy) is 2. The lowest BCUT2D eigenvalue weighted by Gasteiger charge is -2.26. The predicted molar refractivity (Wildman–Crippen MR) is 104 cm³/mol. The summed E-state index contributed by atoms with van der Waals surface area (Å²) in [6, 6.07) is 0.529. The zero-order valence-corrected chi connectivity index (χ0v) is 16.7. The summed E-state index contributed by atoms with van der Waals surface area (Å²) >= 11 is 6.33. The minimum Gasteiger partial charge on any atom is -0.475 e. The van der Waals surface area contributed by atoms with Crippen LogP contribution in [0.5, 0.6) is 5.88 Å². The second-order valence-electron chi connectivity index (χ2n) is 7.14. The van der Waals surface area contributed by atoms with Crippen LogP contribution in [0.2, 0.25) is 5.02 Å². The standard InChI is InChI=1S/C18H25ClN6O2/c1-11-4-9-27-17-15(12(2)25(23-17)13-5-7-26-8-6-13)21-18-20-10-14(19)16(22-18)24(11)3/h10-11,13H,4-9H2,1-3H3,(H,20,21,22)/t11-/m1/s1. The number of fused-ring (bicyclic) bond motifs is 3. The Morgan fingerprint density at radius 1 is 1.22 bits per heavy atom. The molecule has 1 saturated heterocycles. The summed E-state index contributed by atoms with van der Waals surface area (Å²) in [6.07, 6.45) is 4.36. The molecule has 27 heavy (non-hydrogen) atoms. The van der Waals surface area contributed by atoms with Crippen molar-refractivity contribution < 1.29 is 9.47 Å². The third-order valence-electron chi connectivity index (χ3n) is 5.39. The summed E-state index contributed by atoms with van der Waals surface area (Å²) in [5.74, 6) is 1.78. The van der Waals surface area contributed by atoms with Gasteiger partial charge in [-0.1, -0.05) is 11.6 Å². The fraction of sp³-hybridized carbons (Fsp3) is 0.611. The molecular formula is C18H25ClN6O2. The Labute approximate surface area is 163 Å². The first-order chi connectivity index (χ1) is 13.0. The molecule has 0 unspecified atom stereocenters. The molecule has 2 bridgehead atoms. The van der Waals surface area contributed by atoms with Crippen molar-refractivity contribution in [1.29, 1.82) is 0 Å². The molecule has 2 aromatic heterocycles. The van der Waals surface area contributed by atoms with Crippen molar-refractivity contribution in [2.24, 2.45) is 0 Å². The van der Waals surface area contributed by atoms with Crippen LogP contribution < -0.4 is 15.0 Å². The number of aromatic nitrogens is 4. The normalized spacial score (nSPS) is 21.0. The van der Waals surface area contributed by atoms with Gasteiger partial charge in [0.05, 0.1) is 24.5 Å². The van der Waals surface area contributed by atoms with Gasteiger partial charge in [0, 0.05) is 32.7 Å². The van der Waals surface area contributed by atoms with Crippen LogP contribution in [0.4, 0.5) is 17.5 Å². The molecule has 1 N–H and O–H groups in total.